The molecule has 2 rings (SSSR count). The molecule has 1 aromatic carbocycles. The number of anilines is 1. The maximum absolute atomic E-state index is 11.4. The molecule has 0 saturated heterocycles. The second-order valence-electron chi connectivity index (χ2n) is 4.56. The van der Waals surface area contributed by atoms with Crippen LogP contribution in [0.4, 0.5) is 5.13 Å². The first-order valence-corrected chi connectivity index (χ1v) is 8.14. The van der Waals surface area contributed by atoms with Crippen LogP contribution in [0.2, 0.25) is 0 Å². The molecule has 6 nitrogen and oxygen atoms in total. The van der Waals surface area contributed by atoms with Crippen molar-refractivity contribution in [2.45, 2.75) is 13.3 Å². The fraction of sp³-hybridized carbons (Fsp3) is 0.235. The lowest BCUT2D eigenvalue weighted by Crippen LogP contribution is -2.07. The smallest absolute Gasteiger partial charge is 0.311 e. The van der Waals surface area contributed by atoms with Gasteiger partial charge < -0.3 is 9.47 Å². The minimum Gasteiger partial charge on any atom is -0.481 e. The molecule has 0 saturated carbocycles. The molecule has 124 valence electrons. The molecule has 0 aliphatic heterocycles. The van der Waals surface area contributed by atoms with E-state index in [0.29, 0.717) is 23.2 Å². The van der Waals surface area contributed by atoms with Crippen LogP contribution in [0.3, 0.4) is 0 Å². The van der Waals surface area contributed by atoms with Crippen LogP contribution in [-0.4, -0.2) is 30.4 Å². The number of thiazole rings is 1. The van der Waals surface area contributed by atoms with E-state index in [1.54, 1.807) is 18.5 Å². The Morgan fingerprint density at radius 3 is 3.21 bits per heavy atom. The van der Waals surface area contributed by atoms with Crippen molar-refractivity contribution in [2.75, 3.05) is 18.6 Å². The Balaban J connectivity index is 1.89. The minimum absolute atomic E-state index is 0.157. The maximum Gasteiger partial charge on any atom is 0.311 e. The van der Waals surface area contributed by atoms with Crippen LogP contribution < -0.4 is 10.2 Å². The monoisotopic (exact) mass is 343 g/mol. The van der Waals surface area contributed by atoms with E-state index in [0.717, 1.165) is 5.56 Å². The Morgan fingerprint density at radius 1 is 1.54 bits per heavy atom. The van der Waals surface area contributed by atoms with Gasteiger partial charge in [0.2, 0.25) is 5.13 Å². The Kier molecular flexibility index (Phi) is 6.80. The second-order valence-corrected chi connectivity index (χ2v) is 5.42. The zero-order valence-electron chi connectivity index (χ0n) is 13.2. The van der Waals surface area contributed by atoms with Gasteiger partial charge in [0.1, 0.15) is 12.4 Å². The predicted octanol–water partition coefficient (Wildman–Crippen LogP) is 2.71. The number of terminal acetylenes is 1. The van der Waals surface area contributed by atoms with E-state index in [2.05, 4.69) is 21.4 Å². The number of ether oxygens (including phenoxy) is 2. The number of hydrogen-bond acceptors (Lipinski definition) is 7. The Morgan fingerprint density at radius 2 is 2.42 bits per heavy atom. The van der Waals surface area contributed by atoms with Crippen molar-refractivity contribution in [3.05, 3.63) is 40.9 Å². The van der Waals surface area contributed by atoms with Crippen molar-refractivity contribution in [3.8, 4) is 18.1 Å². The van der Waals surface area contributed by atoms with Gasteiger partial charge in [0.15, 0.2) is 0 Å². The molecule has 0 atom stereocenters. The molecular formula is C17H17N3O3S. The van der Waals surface area contributed by atoms with E-state index in [1.807, 2.05) is 24.3 Å². The first-order chi connectivity index (χ1) is 11.7. The van der Waals surface area contributed by atoms with E-state index in [1.165, 1.54) is 11.3 Å². The number of esters is 1. The van der Waals surface area contributed by atoms with Gasteiger partial charge in [0.25, 0.3) is 0 Å². The van der Waals surface area contributed by atoms with Gasteiger partial charge in [-0.2, -0.15) is 5.10 Å². The second kappa shape index (κ2) is 9.33. The van der Waals surface area contributed by atoms with Gasteiger partial charge in [-0.25, -0.2) is 4.98 Å². The highest BCUT2D eigenvalue weighted by Crippen LogP contribution is 2.16. The van der Waals surface area contributed by atoms with Gasteiger partial charge >= 0.3 is 5.97 Å². The van der Waals surface area contributed by atoms with Crippen molar-refractivity contribution in [3.63, 3.8) is 0 Å². The van der Waals surface area contributed by atoms with Crippen molar-refractivity contribution in [1.29, 1.82) is 0 Å². The summed E-state index contributed by atoms with van der Waals surface area (Å²) in [6.45, 7) is 2.36. The van der Waals surface area contributed by atoms with Gasteiger partial charge in [0, 0.05) is 5.38 Å². The number of nitrogens with one attached hydrogen (secondary N) is 1. The lowest BCUT2D eigenvalue weighted by atomic mass is 10.2. The van der Waals surface area contributed by atoms with E-state index >= 15 is 0 Å². The normalized spacial score (nSPS) is 10.3. The summed E-state index contributed by atoms with van der Waals surface area (Å²) in [6.07, 6.45) is 6.97. The van der Waals surface area contributed by atoms with Crippen molar-refractivity contribution >= 4 is 28.7 Å². The van der Waals surface area contributed by atoms with Crippen LogP contribution in [0.15, 0.2) is 34.7 Å². The average molecular weight is 343 g/mol. The molecule has 1 aromatic heterocycles. The first kappa shape index (κ1) is 17.5. The highest BCUT2D eigenvalue weighted by molar-refractivity contribution is 7.13. The maximum atomic E-state index is 11.4. The third-order valence-electron chi connectivity index (χ3n) is 2.74. The Bertz CT molecular complexity index is 750. The lowest BCUT2D eigenvalue weighted by molar-refractivity contribution is -0.142. The van der Waals surface area contributed by atoms with Crippen LogP contribution in [0.25, 0.3) is 0 Å². The number of aromatic nitrogens is 1. The lowest BCUT2D eigenvalue weighted by Gasteiger charge is -2.02. The summed E-state index contributed by atoms with van der Waals surface area (Å²) in [5.74, 6) is 2.81. The third kappa shape index (κ3) is 5.74. The fourth-order valence-corrected chi connectivity index (χ4v) is 2.43. The molecule has 1 heterocycles. The summed E-state index contributed by atoms with van der Waals surface area (Å²) in [6, 6.07) is 7.40. The fourth-order valence-electron chi connectivity index (χ4n) is 1.77. The summed E-state index contributed by atoms with van der Waals surface area (Å²) in [5.41, 5.74) is 4.35. The number of rotatable bonds is 8. The zero-order valence-corrected chi connectivity index (χ0v) is 14.0. The molecule has 0 spiro atoms. The quantitative estimate of drug-likeness (QED) is 0.345. The molecule has 0 aliphatic rings. The molecule has 0 bridgehead atoms. The summed E-state index contributed by atoms with van der Waals surface area (Å²) in [4.78, 5) is 15.7. The van der Waals surface area contributed by atoms with E-state index < -0.39 is 0 Å². The number of hydrogen-bond donors (Lipinski definition) is 1. The number of hydrazone groups is 1. The van der Waals surface area contributed by atoms with E-state index in [-0.39, 0.29) is 19.0 Å². The average Bonchev–Trinajstić information content (AvgIpc) is 3.01. The topological polar surface area (TPSA) is 72.8 Å². The van der Waals surface area contributed by atoms with Gasteiger partial charge in [-0.05, 0) is 24.6 Å². The molecule has 0 amide bonds. The van der Waals surface area contributed by atoms with Crippen LogP contribution in [0, 0.1) is 12.3 Å². The van der Waals surface area contributed by atoms with Crippen molar-refractivity contribution < 1.29 is 14.3 Å². The highest BCUT2D eigenvalue weighted by atomic mass is 32.1. The van der Waals surface area contributed by atoms with Crippen molar-refractivity contribution in [1.82, 2.24) is 4.98 Å². The van der Waals surface area contributed by atoms with Crippen LogP contribution >= 0.6 is 11.3 Å². The highest BCUT2D eigenvalue weighted by Gasteiger charge is 2.07. The molecule has 0 radical (unpaired) electrons. The summed E-state index contributed by atoms with van der Waals surface area (Å²) >= 11 is 1.37. The summed E-state index contributed by atoms with van der Waals surface area (Å²) in [7, 11) is 0. The molecular weight excluding hydrogens is 326 g/mol. The number of nitrogens with zero attached hydrogens (tertiary/aromatic N) is 2. The number of benzene rings is 1. The third-order valence-corrected chi connectivity index (χ3v) is 3.53. The Labute approximate surface area is 144 Å². The molecule has 0 fully saturated rings. The van der Waals surface area contributed by atoms with Gasteiger partial charge in [0.05, 0.1) is 24.9 Å². The standard InChI is InChI=1S/C17H17N3O3S/c1-3-8-23-15-7-5-6-13(9-15)11-18-20-17-19-14(12-24-17)10-16(21)22-4-2/h1,5-7,9,11-12H,4,8,10H2,2H3,(H,19,20). The van der Waals surface area contributed by atoms with Gasteiger partial charge in [-0.15, -0.1) is 17.8 Å². The van der Waals surface area contributed by atoms with Crippen LogP contribution in [0.5, 0.6) is 5.75 Å². The molecule has 24 heavy (non-hydrogen) atoms. The zero-order chi connectivity index (χ0) is 17.2. The molecule has 7 heteroatoms. The predicted molar refractivity (Wildman–Crippen MR) is 94.4 cm³/mol. The molecule has 0 aliphatic carbocycles. The van der Waals surface area contributed by atoms with Crippen LogP contribution in [-0.2, 0) is 16.0 Å². The number of carbonyl (C=O) groups excluding carboxylic acids is 1. The van der Waals surface area contributed by atoms with Gasteiger partial charge in [-0.1, -0.05) is 18.1 Å². The van der Waals surface area contributed by atoms with E-state index in [4.69, 9.17) is 15.9 Å². The number of carbonyl (C=O) groups is 1. The largest absolute Gasteiger partial charge is 0.481 e. The van der Waals surface area contributed by atoms with E-state index in [9.17, 15) is 4.79 Å². The SMILES string of the molecule is C#CCOc1cccc(C=NNc2nc(CC(=O)OCC)cs2)c1. The first-order valence-electron chi connectivity index (χ1n) is 7.26. The molecule has 1 N–H and O–H groups in total. The minimum atomic E-state index is -0.290. The van der Waals surface area contributed by atoms with Crippen LogP contribution in [0.1, 0.15) is 18.2 Å². The summed E-state index contributed by atoms with van der Waals surface area (Å²) < 4.78 is 10.2. The molecule has 2 aromatic rings. The van der Waals surface area contributed by atoms with Gasteiger partial charge in [-0.3, -0.25) is 10.2 Å². The summed E-state index contributed by atoms with van der Waals surface area (Å²) in [5, 5.41) is 6.52. The molecule has 0 unspecified atom stereocenters. The van der Waals surface area contributed by atoms with Crippen molar-refractivity contribution in [2.24, 2.45) is 5.10 Å². The Hall–Kier alpha value is -2.85.